The number of aryl methyl sites for hydroxylation is 1. The van der Waals surface area contributed by atoms with Crippen molar-refractivity contribution in [1.29, 1.82) is 5.26 Å². The van der Waals surface area contributed by atoms with Gasteiger partial charge in [-0.15, -0.1) is 24.0 Å². The zero-order chi connectivity index (χ0) is 19.8. The summed E-state index contributed by atoms with van der Waals surface area (Å²) in [5.41, 5.74) is 13.3. The molecule has 1 aromatic heterocycles. The predicted octanol–water partition coefficient (Wildman–Crippen LogP) is 1.96. The lowest BCUT2D eigenvalue weighted by molar-refractivity contribution is 0.179. The summed E-state index contributed by atoms with van der Waals surface area (Å²) in [6.45, 7) is 2.95. The Bertz CT molecular complexity index is 830. The van der Waals surface area contributed by atoms with Crippen LogP contribution in [-0.2, 0) is 11.2 Å². The molecule has 0 radical (unpaired) electrons. The SMILES string of the molecule is COCC(C)NC(N)=NCCCc1nn(-c2ccc(F)cc2)c(N)c1C#N.I. The van der Waals surface area contributed by atoms with Crippen molar-refractivity contribution >= 4 is 35.8 Å². The van der Waals surface area contributed by atoms with Gasteiger partial charge in [0.15, 0.2) is 5.96 Å². The molecular formula is C18H25FIN7O. The molecule has 0 spiro atoms. The number of hydrogen-bond acceptors (Lipinski definition) is 5. The molecule has 8 nitrogen and oxygen atoms in total. The molecule has 0 aliphatic carbocycles. The Balaban J connectivity index is 0.00000392. The van der Waals surface area contributed by atoms with Crippen molar-refractivity contribution in [3.05, 3.63) is 41.3 Å². The Morgan fingerprint density at radius 2 is 2.11 bits per heavy atom. The number of methoxy groups -OCH3 is 1. The van der Waals surface area contributed by atoms with Crippen LogP contribution in [0, 0.1) is 17.1 Å². The number of hydrogen-bond donors (Lipinski definition) is 3. The van der Waals surface area contributed by atoms with Crippen molar-refractivity contribution in [3.63, 3.8) is 0 Å². The van der Waals surface area contributed by atoms with E-state index in [0.29, 0.717) is 48.9 Å². The third-order valence-electron chi connectivity index (χ3n) is 3.84. The molecule has 0 saturated heterocycles. The summed E-state index contributed by atoms with van der Waals surface area (Å²) in [5, 5.41) is 16.8. The summed E-state index contributed by atoms with van der Waals surface area (Å²) in [6, 6.07) is 7.90. The molecule has 5 N–H and O–H groups in total. The normalized spacial score (nSPS) is 12.1. The van der Waals surface area contributed by atoms with Crippen LogP contribution in [0.4, 0.5) is 10.2 Å². The Morgan fingerprint density at radius 1 is 1.43 bits per heavy atom. The van der Waals surface area contributed by atoms with E-state index in [1.165, 1.54) is 16.8 Å². The van der Waals surface area contributed by atoms with Crippen molar-refractivity contribution in [2.75, 3.05) is 26.0 Å². The van der Waals surface area contributed by atoms with Crippen LogP contribution in [0.1, 0.15) is 24.6 Å². The minimum Gasteiger partial charge on any atom is -0.383 e. The van der Waals surface area contributed by atoms with Crippen LogP contribution < -0.4 is 16.8 Å². The van der Waals surface area contributed by atoms with Crippen LogP contribution in [0.2, 0.25) is 0 Å². The van der Waals surface area contributed by atoms with E-state index in [4.69, 9.17) is 16.2 Å². The third kappa shape index (κ3) is 6.35. The van der Waals surface area contributed by atoms with E-state index in [2.05, 4.69) is 21.5 Å². The molecule has 0 fully saturated rings. The highest BCUT2D eigenvalue weighted by atomic mass is 127. The molecule has 0 aliphatic rings. The van der Waals surface area contributed by atoms with E-state index < -0.39 is 0 Å². The number of ether oxygens (including phenoxy) is 1. The summed E-state index contributed by atoms with van der Waals surface area (Å²) in [5.74, 6) is 0.225. The first kappa shape index (κ1) is 23.6. The van der Waals surface area contributed by atoms with E-state index in [1.807, 2.05) is 6.92 Å². The average molecular weight is 501 g/mol. The smallest absolute Gasteiger partial charge is 0.188 e. The highest BCUT2D eigenvalue weighted by molar-refractivity contribution is 14.0. The summed E-state index contributed by atoms with van der Waals surface area (Å²) in [7, 11) is 1.62. The fourth-order valence-corrected chi connectivity index (χ4v) is 2.59. The summed E-state index contributed by atoms with van der Waals surface area (Å²) < 4.78 is 19.6. The van der Waals surface area contributed by atoms with Gasteiger partial charge in [0, 0.05) is 19.7 Å². The van der Waals surface area contributed by atoms with Gasteiger partial charge in [0.25, 0.3) is 0 Å². The number of rotatable bonds is 8. The molecule has 1 aromatic carbocycles. The molecule has 28 heavy (non-hydrogen) atoms. The molecular weight excluding hydrogens is 476 g/mol. The van der Waals surface area contributed by atoms with Gasteiger partial charge in [0.1, 0.15) is 23.3 Å². The first-order valence-electron chi connectivity index (χ1n) is 8.55. The van der Waals surface area contributed by atoms with Crippen molar-refractivity contribution in [2.45, 2.75) is 25.8 Å². The van der Waals surface area contributed by atoms with Crippen LogP contribution in [0.25, 0.3) is 5.69 Å². The average Bonchev–Trinajstić information content (AvgIpc) is 2.95. The van der Waals surface area contributed by atoms with Gasteiger partial charge in [0.05, 0.1) is 18.0 Å². The molecule has 152 valence electrons. The lowest BCUT2D eigenvalue weighted by Gasteiger charge is -2.12. The first-order valence-corrected chi connectivity index (χ1v) is 8.55. The van der Waals surface area contributed by atoms with Crippen LogP contribution in [0.3, 0.4) is 0 Å². The Morgan fingerprint density at radius 3 is 2.71 bits per heavy atom. The zero-order valence-corrected chi connectivity index (χ0v) is 18.2. The minimum atomic E-state index is -0.353. The Kier molecular flexibility index (Phi) is 9.67. The van der Waals surface area contributed by atoms with Gasteiger partial charge < -0.3 is 21.5 Å². The van der Waals surface area contributed by atoms with Gasteiger partial charge in [-0.2, -0.15) is 10.4 Å². The van der Waals surface area contributed by atoms with Gasteiger partial charge in [-0.1, -0.05) is 0 Å². The largest absolute Gasteiger partial charge is 0.383 e. The van der Waals surface area contributed by atoms with Crippen LogP contribution in [0.15, 0.2) is 29.3 Å². The van der Waals surface area contributed by atoms with Crippen LogP contribution >= 0.6 is 24.0 Å². The number of anilines is 1. The van der Waals surface area contributed by atoms with Gasteiger partial charge in [-0.3, -0.25) is 4.99 Å². The number of nitriles is 1. The Labute approximate surface area is 180 Å². The maximum Gasteiger partial charge on any atom is 0.188 e. The third-order valence-corrected chi connectivity index (χ3v) is 3.84. The second-order valence-corrected chi connectivity index (χ2v) is 6.08. The number of benzene rings is 1. The number of aliphatic imine (C=N–C) groups is 1. The molecule has 2 rings (SSSR count). The number of guanidine groups is 1. The number of aromatic nitrogens is 2. The number of halogens is 2. The summed E-state index contributed by atoms with van der Waals surface area (Å²) in [6.07, 6.45) is 1.17. The van der Waals surface area contributed by atoms with Crippen molar-refractivity contribution in [1.82, 2.24) is 15.1 Å². The van der Waals surface area contributed by atoms with Crippen molar-refractivity contribution < 1.29 is 9.13 Å². The number of nitrogens with one attached hydrogen (secondary N) is 1. The maximum atomic E-state index is 13.1. The highest BCUT2D eigenvalue weighted by Crippen LogP contribution is 2.21. The first-order chi connectivity index (χ1) is 13.0. The summed E-state index contributed by atoms with van der Waals surface area (Å²) >= 11 is 0. The monoisotopic (exact) mass is 501 g/mol. The van der Waals surface area contributed by atoms with Crippen LogP contribution in [-0.4, -0.2) is 42.0 Å². The van der Waals surface area contributed by atoms with Gasteiger partial charge in [-0.25, -0.2) is 9.07 Å². The second-order valence-electron chi connectivity index (χ2n) is 6.08. The summed E-state index contributed by atoms with van der Waals surface area (Å²) in [4.78, 5) is 4.25. The molecule has 2 aromatic rings. The van der Waals surface area contributed by atoms with E-state index in [0.717, 1.165) is 0 Å². The number of nitrogens with zero attached hydrogens (tertiary/aromatic N) is 4. The molecule has 1 atom stereocenters. The lowest BCUT2D eigenvalue weighted by atomic mass is 10.1. The predicted molar refractivity (Wildman–Crippen MR) is 117 cm³/mol. The molecule has 0 saturated carbocycles. The number of nitrogens with two attached hydrogens (primary N) is 2. The van der Waals surface area contributed by atoms with E-state index >= 15 is 0 Å². The molecule has 10 heteroatoms. The van der Waals surface area contributed by atoms with E-state index in [9.17, 15) is 9.65 Å². The molecule has 1 heterocycles. The minimum absolute atomic E-state index is 0. The fourth-order valence-electron chi connectivity index (χ4n) is 2.59. The van der Waals surface area contributed by atoms with Gasteiger partial charge in [-0.05, 0) is 44.0 Å². The number of nitrogen functional groups attached to an aromatic ring is 1. The van der Waals surface area contributed by atoms with Crippen molar-refractivity contribution in [2.24, 2.45) is 10.7 Å². The van der Waals surface area contributed by atoms with Crippen molar-refractivity contribution in [3.8, 4) is 11.8 Å². The Hall–Kier alpha value is -2.39. The second kappa shape index (κ2) is 11.5. The van der Waals surface area contributed by atoms with Crippen LogP contribution in [0.5, 0.6) is 0 Å². The van der Waals surface area contributed by atoms with E-state index in [-0.39, 0.29) is 41.7 Å². The highest BCUT2D eigenvalue weighted by Gasteiger charge is 2.16. The zero-order valence-electron chi connectivity index (χ0n) is 15.9. The van der Waals surface area contributed by atoms with E-state index in [1.54, 1.807) is 19.2 Å². The molecule has 0 bridgehead atoms. The molecule has 1 unspecified atom stereocenters. The molecule has 0 aliphatic heterocycles. The van der Waals surface area contributed by atoms with Gasteiger partial charge >= 0.3 is 0 Å². The quantitative estimate of drug-likeness (QED) is 0.220. The standard InChI is InChI=1S/C18H24FN7O.HI/c1-12(11-27-2)24-18(22)23-9-3-4-16-15(10-20)17(21)26(25-16)14-7-5-13(19)6-8-14;/h5-8,12H,3-4,9,11,21H2,1-2H3,(H3,22,23,24);1H. The van der Waals surface area contributed by atoms with Gasteiger partial charge in [0.2, 0.25) is 0 Å². The lowest BCUT2D eigenvalue weighted by Crippen LogP contribution is -2.40. The fraction of sp³-hybridized carbons (Fsp3) is 0.389. The maximum absolute atomic E-state index is 13.1. The topological polar surface area (TPSA) is 127 Å². The molecule has 0 amide bonds.